The molecule has 1 aromatic rings. The predicted octanol–water partition coefficient (Wildman–Crippen LogP) is 2.32. The van der Waals surface area contributed by atoms with E-state index in [1.54, 1.807) is 23.0 Å². The molecule has 0 aliphatic rings. The van der Waals surface area contributed by atoms with Gasteiger partial charge in [-0.15, -0.1) is 11.3 Å². The third kappa shape index (κ3) is 3.59. The van der Waals surface area contributed by atoms with Crippen molar-refractivity contribution in [2.45, 2.75) is 26.0 Å². The maximum atomic E-state index is 11.8. The summed E-state index contributed by atoms with van der Waals surface area (Å²) in [5.74, 6) is 0. The van der Waals surface area contributed by atoms with E-state index in [0.29, 0.717) is 0 Å². The molecular formula is C9H15FN2OS. The normalized spacial score (nSPS) is 15.1. The van der Waals surface area contributed by atoms with E-state index >= 15 is 0 Å². The molecule has 1 N–H and O–H groups in total. The van der Waals surface area contributed by atoms with Crippen LogP contribution < -0.4 is 5.32 Å². The number of nitrogens with one attached hydrogen (secondary N) is 1. The Labute approximate surface area is 87.3 Å². The fourth-order valence-corrected chi connectivity index (χ4v) is 1.61. The lowest BCUT2D eigenvalue weighted by molar-refractivity contribution is 0.0476. The Kier molecular flexibility index (Phi) is 4.82. The number of aromatic nitrogens is 1. The molecule has 5 heteroatoms. The third-order valence-corrected chi connectivity index (χ3v) is 2.67. The number of nitrogens with zero attached hydrogens (tertiary/aromatic N) is 1. The molecule has 0 fully saturated rings. The van der Waals surface area contributed by atoms with E-state index in [-0.39, 0.29) is 18.8 Å². The van der Waals surface area contributed by atoms with Gasteiger partial charge >= 0.3 is 0 Å². The fraction of sp³-hybridized carbons (Fsp3) is 0.667. The van der Waals surface area contributed by atoms with Crippen molar-refractivity contribution in [1.29, 1.82) is 0 Å². The molecule has 0 aliphatic carbocycles. The number of ether oxygens (including phenoxy) is 1. The summed E-state index contributed by atoms with van der Waals surface area (Å²) in [6.45, 7) is 3.66. The van der Waals surface area contributed by atoms with Gasteiger partial charge in [-0.25, -0.2) is 4.39 Å². The van der Waals surface area contributed by atoms with Gasteiger partial charge in [-0.1, -0.05) is 0 Å². The zero-order chi connectivity index (χ0) is 10.4. The minimum absolute atomic E-state index is 0.00662. The van der Waals surface area contributed by atoms with Gasteiger partial charge in [0.1, 0.15) is 11.7 Å². The Morgan fingerprint density at radius 3 is 3.00 bits per heavy atom. The Morgan fingerprint density at radius 2 is 2.43 bits per heavy atom. The van der Waals surface area contributed by atoms with Crippen LogP contribution in [0, 0.1) is 0 Å². The number of thiazole rings is 1. The smallest absolute Gasteiger partial charge is 0.113 e. The Balaban J connectivity index is 2.30. The summed E-state index contributed by atoms with van der Waals surface area (Å²) < 4.78 is 17.1. The first-order chi connectivity index (χ1) is 6.74. The highest BCUT2D eigenvalue weighted by Gasteiger charge is 2.12. The topological polar surface area (TPSA) is 34.1 Å². The van der Waals surface area contributed by atoms with Crippen LogP contribution in [0.25, 0.3) is 0 Å². The first-order valence-electron chi connectivity index (χ1n) is 4.56. The van der Waals surface area contributed by atoms with Gasteiger partial charge in [0.25, 0.3) is 0 Å². The van der Waals surface area contributed by atoms with E-state index in [4.69, 9.17) is 4.74 Å². The molecule has 1 aromatic heterocycles. The first-order valence-corrected chi connectivity index (χ1v) is 5.44. The van der Waals surface area contributed by atoms with Crippen LogP contribution in [0.1, 0.15) is 13.8 Å². The first kappa shape index (κ1) is 11.4. The monoisotopic (exact) mass is 218 g/mol. The Morgan fingerprint density at radius 1 is 1.64 bits per heavy atom. The van der Waals surface area contributed by atoms with Crippen molar-refractivity contribution >= 4 is 16.3 Å². The molecule has 0 spiro atoms. The second-order valence-electron chi connectivity index (χ2n) is 3.06. The van der Waals surface area contributed by atoms with Crippen LogP contribution in [-0.2, 0) is 4.74 Å². The van der Waals surface area contributed by atoms with Crippen molar-refractivity contribution in [3.8, 4) is 0 Å². The maximum Gasteiger partial charge on any atom is 0.113 e. The summed E-state index contributed by atoms with van der Waals surface area (Å²) in [6, 6.07) is 0.155. The number of hydrogen-bond donors (Lipinski definition) is 1. The summed E-state index contributed by atoms with van der Waals surface area (Å²) in [7, 11) is 0. The van der Waals surface area contributed by atoms with Gasteiger partial charge in [0.15, 0.2) is 0 Å². The van der Waals surface area contributed by atoms with Crippen LogP contribution in [0.15, 0.2) is 11.7 Å². The fourth-order valence-electron chi connectivity index (χ4n) is 1.00. The van der Waals surface area contributed by atoms with Gasteiger partial charge in [0.05, 0.1) is 30.5 Å². The van der Waals surface area contributed by atoms with E-state index in [0.717, 1.165) is 5.00 Å². The lowest BCUT2D eigenvalue weighted by Gasteiger charge is -2.21. The SMILES string of the molecule is CC(OCCF)[C@@H](C)Nc1cncs1. The molecule has 14 heavy (non-hydrogen) atoms. The Hall–Kier alpha value is -0.680. The third-order valence-electron chi connectivity index (χ3n) is 1.96. The van der Waals surface area contributed by atoms with Crippen molar-refractivity contribution in [2.75, 3.05) is 18.6 Å². The second-order valence-corrected chi connectivity index (χ2v) is 3.95. The average Bonchev–Trinajstić information content (AvgIpc) is 2.66. The molecule has 0 amide bonds. The van der Waals surface area contributed by atoms with Crippen LogP contribution >= 0.6 is 11.3 Å². The highest BCUT2D eigenvalue weighted by molar-refractivity contribution is 7.13. The molecule has 0 saturated carbocycles. The van der Waals surface area contributed by atoms with Gasteiger partial charge < -0.3 is 10.1 Å². The lowest BCUT2D eigenvalue weighted by atomic mass is 10.2. The summed E-state index contributed by atoms with van der Waals surface area (Å²) in [5, 5.41) is 4.25. The summed E-state index contributed by atoms with van der Waals surface area (Å²) >= 11 is 1.54. The zero-order valence-electron chi connectivity index (χ0n) is 8.37. The molecule has 1 heterocycles. The quantitative estimate of drug-likeness (QED) is 0.795. The van der Waals surface area contributed by atoms with Gasteiger partial charge in [-0.3, -0.25) is 4.98 Å². The van der Waals surface area contributed by atoms with Gasteiger partial charge in [-0.2, -0.15) is 0 Å². The number of hydrogen-bond acceptors (Lipinski definition) is 4. The molecule has 3 nitrogen and oxygen atoms in total. The average molecular weight is 218 g/mol. The number of alkyl halides is 1. The van der Waals surface area contributed by atoms with Crippen molar-refractivity contribution < 1.29 is 9.13 Å². The molecule has 1 rings (SSSR count). The van der Waals surface area contributed by atoms with Crippen molar-refractivity contribution in [1.82, 2.24) is 4.98 Å². The minimum Gasteiger partial charge on any atom is -0.374 e. The van der Waals surface area contributed by atoms with E-state index in [2.05, 4.69) is 10.3 Å². The number of halogens is 1. The van der Waals surface area contributed by atoms with Gasteiger partial charge in [0.2, 0.25) is 0 Å². The standard InChI is InChI=1S/C9H15FN2OS/c1-7(8(2)13-4-3-10)12-9-5-11-6-14-9/h5-8,12H,3-4H2,1-2H3/t7-,8?/m1/s1. The highest BCUT2D eigenvalue weighted by Crippen LogP contribution is 2.15. The summed E-state index contributed by atoms with van der Waals surface area (Å²) in [4.78, 5) is 3.95. The molecule has 1 unspecified atom stereocenters. The molecule has 0 radical (unpaired) electrons. The molecule has 0 saturated heterocycles. The van der Waals surface area contributed by atoms with Crippen LogP contribution in [0.3, 0.4) is 0 Å². The Bertz CT molecular complexity index is 243. The van der Waals surface area contributed by atoms with Crippen LogP contribution in [0.5, 0.6) is 0 Å². The van der Waals surface area contributed by atoms with Crippen LogP contribution in [0.2, 0.25) is 0 Å². The molecule has 2 atom stereocenters. The van der Waals surface area contributed by atoms with Crippen LogP contribution in [0.4, 0.5) is 9.39 Å². The number of rotatable bonds is 6. The molecule has 80 valence electrons. The predicted molar refractivity (Wildman–Crippen MR) is 56.6 cm³/mol. The second kappa shape index (κ2) is 5.93. The van der Waals surface area contributed by atoms with Gasteiger partial charge in [0, 0.05) is 0 Å². The zero-order valence-corrected chi connectivity index (χ0v) is 9.18. The molecule has 0 bridgehead atoms. The molecule has 0 aliphatic heterocycles. The van der Waals surface area contributed by atoms with Crippen molar-refractivity contribution in [3.05, 3.63) is 11.7 Å². The highest BCUT2D eigenvalue weighted by atomic mass is 32.1. The van der Waals surface area contributed by atoms with Crippen molar-refractivity contribution in [2.24, 2.45) is 0 Å². The largest absolute Gasteiger partial charge is 0.374 e. The van der Waals surface area contributed by atoms with E-state index in [1.807, 2.05) is 13.8 Å². The molecule has 0 aromatic carbocycles. The maximum absolute atomic E-state index is 11.8. The summed E-state index contributed by atoms with van der Waals surface area (Å²) in [5.41, 5.74) is 1.77. The summed E-state index contributed by atoms with van der Waals surface area (Å²) in [6.07, 6.45) is 1.76. The van der Waals surface area contributed by atoms with Crippen molar-refractivity contribution in [3.63, 3.8) is 0 Å². The minimum atomic E-state index is -0.433. The lowest BCUT2D eigenvalue weighted by Crippen LogP contribution is -2.30. The van der Waals surface area contributed by atoms with Gasteiger partial charge in [-0.05, 0) is 13.8 Å². The van der Waals surface area contributed by atoms with E-state index < -0.39 is 6.67 Å². The molecular weight excluding hydrogens is 203 g/mol. The van der Waals surface area contributed by atoms with Crippen LogP contribution in [-0.4, -0.2) is 30.4 Å². The van der Waals surface area contributed by atoms with E-state index in [9.17, 15) is 4.39 Å². The van der Waals surface area contributed by atoms with E-state index in [1.165, 1.54) is 0 Å². The number of anilines is 1.